The van der Waals surface area contributed by atoms with Crippen LogP contribution in [0.15, 0.2) is 30.6 Å². The van der Waals surface area contributed by atoms with Crippen molar-refractivity contribution in [2.75, 3.05) is 23.3 Å². The number of nitrogens with one attached hydrogen (secondary N) is 1. The number of carbonyl (C=O) groups is 1. The van der Waals surface area contributed by atoms with Gasteiger partial charge in [-0.2, -0.15) is 0 Å². The topological polar surface area (TPSA) is 58.1 Å². The fourth-order valence-corrected chi connectivity index (χ4v) is 2.83. The Labute approximate surface area is 144 Å². The van der Waals surface area contributed by atoms with Crippen molar-refractivity contribution in [3.8, 4) is 0 Å². The van der Waals surface area contributed by atoms with Crippen molar-refractivity contribution in [2.45, 2.75) is 25.7 Å². The van der Waals surface area contributed by atoms with Crippen molar-refractivity contribution in [3.05, 3.63) is 47.0 Å². The van der Waals surface area contributed by atoms with Crippen LogP contribution in [0.1, 0.15) is 36.0 Å². The SMILES string of the molecule is O=C(Nc1ccc(F)c(Cl)c1)c1cnc(N2CCCCCC2)nc1. The van der Waals surface area contributed by atoms with Gasteiger partial charge >= 0.3 is 0 Å². The number of rotatable bonds is 3. The van der Waals surface area contributed by atoms with E-state index in [1.54, 1.807) is 0 Å². The number of aromatic nitrogens is 2. The van der Waals surface area contributed by atoms with Crippen molar-refractivity contribution in [3.63, 3.8) is 0 Å². The van der Waals surface area contributed by atoms with E-state index in [0.29, 0.717) is 17.2 Å². The van der Waals surface area contributed by atoms with Crippen LogP contribution in [-0.4, -0.2) is 29.0 Å². The quantitative estimate of drug-likeness (QED) is 0.913. The summed E-state index contributed by atoms with van der Waals surface area (Å²) >= 11 is 5.71. The second kappa shape index (κ2) is 7.57. The summed E-state index contributed by atoms with van der Waals surface area (Å²) in [5.41, 5.74) is 0.761. The molecule has 0 radical (unpaired) electrons. The summed E-state index contributed by atoms with van der Waals surface area (Å²) in [6, 6.07) is 4.02. The number of nitrogens with zero attached hydrogens (tertiary/aromatic N) is 3. The van der Waals surface area contributed by atoms with Gasteiger partial charge in [-0.15, -0.1) is 0 Å². The zero-order valence-corrected chi connectivity index (χ0v) is 13.9. The van der Waals surface area contributed by atoms with Crippen LogP contribution < -0.4 is 10.2 Å². The largest absolute Gasteiger partial charge is 0.341 e. The van der Waals surface area contributed by atoms with Gasteiger partial charge in [0.1, 0.15) is 5.82 Å². The number of halogens is 2. The zero-order valence-electron chi connectivity index (χ0n) is 13.1. The molecule has 24 heavy (non-hydrogen) atoms. The highest BCUT2D eigenvalue weighted by atomic mass is 35.5. The second-order valence-corrected chi connectivity index (χ2v) is 6.16. The summed E-state index contributed by atoms with van der Waals surface area (Å²) in [5.74, 6) is -0.238. The lowest BCUT2D eigenvalue weighted by Crippen LogP contribution is -2.26. The standard InChI is InChI=1S/C17H18ClFN4O/c18-14-9-13(5-6-15(14)19)22-16(24)12-10-20-17(21-11-12)23-7-3-1-2-4-8-23/h5-6,9-11H,1-4,7-8H2,(H,22,24). The molecule has 7 heteroatoms. The van der Waals surface area contributed by atoms with E-state index in [1.807, 2.05) is 0 Å². The second-order valence-electron chi connectivity index (χ2n) is 5.76. The molecular formula is C17H18ClFN4O. The molecule has 0 bridgehead atoms. The van der Waals surface area contributed by atoms with Crippen LogP contribution in [0.4, 0.5) is 16.0 Å². The third-order valence-electron chi connectivity index (χ3n) is 3.97. The number of benzene rings is 1. The van der Waals surface area contributed by atoms with Crippen LogP contribution in [-0.2, 0) is 0 Å². The fourth-order valence-electron chi connectivity index (χ4n) is 2.65. The molecule has 0 spiro atoms. The Kier molecular flexibility index (Phi) is 5.25. The van der Waals surface area contributed by atoms with Gasteiger partial charge in [-0.05, 0) is 31.0 Å². The van der Waals surface area contributed by atoms with Gasteiger partial charge in [0, 0.05) is 31.2 Å². The Balaban J connectivity index is 1.68. The van der Waals surface area contributed by atoms with Gasteiger partial charge in [0.05, 0.1) is 10.6 Å². The van der Waals surface area contributed by atoms with E-state index in [-0.39, 0.29) is 10.9 Å². The normalized spacial score (nSPS) is 15.0. The fraction of sp³-hybridized carbons (Fsp3) is 0.353. The molecule has 1 N–H and O–H groups in total. The van der Waals surface area contributed by atoms with E-state index in [9.17, 15) is 9.18 Å². The minimum absolute atomic E-state index is 0.0411. The van der Waals surface area contributed by atoms with Gasteiger partial charge in [0.15, 0.2) is 0 Å². The van der Waals surface area contributed by atoms with Crippen LogP contribution in [0.2, 0.25) is 5.02 Å². The first-order valence-corrected chi connectivity index (χ1v) is 8.35. The molecule has 0 unspecified atom stereocenters. The lowest BCUT2D eigenvalue weighted by Gasteiger charge is -2.19. The van der Waals surface area contributed by atoms with E-state index in [1.165, 1.54) is 43.4 Å². The molecule has 0 atom stereocenters. The summed E-state index contributed by atoms with van der Waals surface area (Å²) in [7, 11) is 0. The van der Waals surface area contributed by atoms with Gasteiger partial charge in [-0.25, -0.2) is 14.4 Å². The minimum atomic E-state index is -0.528. The number of anilines is 2. The van der Waals surface area contributed by atoms with Crippen molar-refractivity contribution in [2.24, 2.45) is 0 Å². The third kappa shape index (κ3) is 4.00. The molecule has 2 aromatic rings. The Morgan fingerprint density at radius 2 is 1.79 bits per heavy atom. The highest BCUT2D eigenvalue weighted by Gasteiger charge is 2.14. The smallest absolute Gasteiger partial charge is 0.258 e. The molecule has 1 aliphatic rings. The number of carbonyl (C=O) groups excluding carboxylic acids is 1. The molecule has 2 heterocycles. The first-order chi connectivity index (χ1) is 11.6. The number of amides is 1. The van der Waals surface area contributed by atoms with E-state index in [2.05, 4.69) is 20.2 Å². The van der Waals surface area contributed by atoms with E-state index in [4.69, 9.17) is 11.6 Å². The Hall–Kier alpha value is -2.21. The lowest BCUT2D eigenvalue weighted by molar-refractivity contribution is 0.102. The van der Waals surface area contributed by atoms with Gasteiger partial charge in [0.2, 0.25) is 5.95 Å². The summed E-state index contributed by atoms with van der Waals surface area (Å²) in [4.78, 5) is 23.0. The maximum absolute atomic E-state index is 13.1. The first kappa shape index (κ1) is 16.6. The van der Waals surface area contributed by atoms with Gasteiger partial charge < -0.3 is 10.2 Å². The van der Waals surface area contributed by atoms with Gasteiger partial charge in [0.25, 0.3) is 5.91 Å². The molecule has 0 aliphatic carbocycles. The van der Waals surface area contributed by atoms with Gasteiger partial charge in [-0.1, -0.05) is 24.4 Å². The number of hydrogen-bond acceptors (Lipinski definition) is 4. The molecule has 1 aromatic heterocycles. The van der Waals surface area contributed by atoms with E-state index < -0.39 is 5.82 Å². The summed E-state index contributed by atoms with van der Waals surface area (Å²) in [6.07, 6.45) is 7.75. The average Bonchev–Trinajstić information content (AvgIpc) is 2.88. The predicted molar refractivity (Wildman–Crippen MR) is 92.1 cm³/mol. The Bertz CT molecular complexity index is 715. The molecule has 1 amide bonds. The molecule has 0 saturated carbocycles. The maximum atomic E-state index is 13.1. The van der Waals surface area contributed by atoms with Crippen LogP contribution in [0, 0.1) is 5.82 Å². The van der Waals surface area contributed by atoms with Crippen LogP contribution in [0.25, 0.3) is 0 Å². The van der Waals surface area contributed by atoms with Crippen LogP contribution in [0.5, 0.6) is 0 Å². The summed E-state index contributed by atoms with van der Waals surface area (Å²) in [6.45, 7) is 1.89. The highest BCUT2D eigenvalue weighted by molar-refractivity contribution is 6.31. The molecule has 5 nitrogen and oxygen atoms in total. The number of hydrogen-bond donors (Lipinski definition) is 1. The summed E-state index contributed by atoms with van der Waals surface area (Å²) < 4.78 is 13.1. The van der Waals surface area contributed by atoms with E-state index >= 15 is 0 Å². The van der Waals surface area contributed by atoms with Crippen molar-refractivity contribution in [1.82, 2.24) is 9.97 Å². The Morgan fingerprint density at radius 3 is 2.42 bits per heavy atom. The first-order valence-electron chi connectivity index (χ1n) is 7.97. The molecule has 126 valence electrons. The molecule has 1 saturated heterocycles. The third-order valence-corrected chi connectivity index (χ3v) is 4.26. The lowest BCUT2D eigenvalue weighted by atomic mass is 10.2. The van der Waals surface area contributed by atoms with Crippen molar-refractivity contribution in [1.29, 1.82) is 0 Å². The molecule has 3 rings (SSSR count). The monoisotopic (exact) mass is 348 g/mol. The maximum Gasteiger partial charge on any atom is 0.258 e. The highest BCUT2D eigenvalue weighted by Crippen LogP contribution is 2.20. The molecule has 1 aliphatic heterocycles. The minimum Gasteiger partial charge on any atom is -0.341 e. The average molecular weight is 349 g/mol. The molecular weight excluding hydrogens is 331 g/mol. The molecule has 1 fully saturated rings. The predicted octanol–water partition coefficient (Wildman–Crippen LogP) is 3.90. The van der Waals surface area contributed by atoms with Crippen molar-refractivity contribution < 1.29 is 9.18 Å². The van der Waals surface area contributed by atoms with Crippen LogP contribution >= 0.6 is 11.6 Å². The molecule has 1 aromatic carbocycles. The van der Waals surface area contributed by atoms with Crippen LogP contribution in [0.3, 0.4) is 0 Å². The van der Waals surface area contributed by atoms with E-state index in [0.717, 1.165) is 25.9 Å². The van der Waals surface area contributed by atoms with Gasteiger partial charge in [-0.3, -0.25) is 4.79 Å². The Morgan fingerprint density at radius 1 is 1.12 bits per heavy atom. The van der Waals surface area contributed by atoms with Crippen molar-refractivity contribution >= 4 is 29.1 Å². The zero-order chi connectivity index (χ0) is 16.9. The summed E-state index contributed by atoms with van der Waals surface area (Å²) in [5, 5.41) is 2.61.